The summed E-state index contributed by atoms with van der Waals surface area (Å²) >= 11 is 0. The summed E-state index contributed by atoms with van der Waals surface area (Å²) in [5, 5.41) is 2.75. The number of benzene rings is 3. The van der Waals surface area contributed by atoms with Crippen LogP contribution in [0.4, 0.5) is 4.79 Å². The minimum Gasteiger partial charge on any atom is -0.453 e. The minimum atomic E-state index is -0.675. The minimum absolute atomic E-state index is 0.0125. The van der Waals surface area contributed by atoms with Crippen molar-refractivity contribution >= 4 is 28.9 Å². The smallest absolute Gasteiger partial charge is 0.407 e. The predicted octanol–water partition coefficient (Wildman–Crippen LogP) is 9.80. The van der Waals surface area contributed by atoms with Gasteiger partial charge in [0.25, 0.3) is 0 Å². The molecule has 0 unspecified atom stereocenters. The molecule has 9 rings (SSSR count). The van der Waals surface area contributed by atoms with Gasteiger partial charge in [0.1, 0.15) is 17.7 Å². The summed E-state index contributed by atoms with van der Waals surface area (Å²) in [6.07, 6.45) is 12.7. The van der Waals surface area contributed by atoms with Crippen LogP contribution in [0.5, 0.6) is 0 Å². The van der Waals surface area contributed by atoms with Crippen LogP contribution >= 0.6 is 0 Å². The topological polar surface area (TPSA) is 136 Å². The lowest BCUT2D eigenvalue weighted by Crippen LogP contribution is -2.51. The second-order valence-corrected chi connectivity index (χ2v) is 18.5. The third kappa shape index (κ3) is 7.27. The number of nitrogens with zero attached hydrogens (tertiary/aromatic N) is 4. The van der Waals surface area contributed by atoms with Crippen molar-refractivity contribution in [3.63, 3.8) is 0 Å². The highest BCUT2D eigenvalue weighted by atomic mass is 16.5. The number of ether oxygens (including phenoxy) is 1. The Morgan fingerprint density at radius 2 is 1.50 bits per heavy atom. The Morgan fingerprint density at radius 1 is 0.817 bits per heavy atom. The maximum absolute atomic E-state index is 13.8. The first-order valence-corrected chi connectivity index (χ1v) is 22.3. The maximum Gasteiger partial charge on any atom is 0.407 e. The third-order valence-corrected chi connectivity index (χ3v) is 13.9. The second kappa shape index (κ2) is 16.2. The average Bonchev–Trinajstić information content (AvgIpc) is 4.11. The van der Waals surface area contributed by atoms with E-state index in [-0.39, 0.29) is 35.2 Å². The molecule has 3 fully saturated rings. The van der Waals surface area contributed by atoms with E-state index in [1.807, 2.05) is 29.8 Å². The summed E-state index contributed by atoms with van der Waals surface area (Å²) in [7, 11) is 1.32. The summed E-state index contributed by atoms with van der Waals surface area (Å²) in [5.74, 6) is 2.02. The van der Waals surface area contributed by atoms with Crippen molar-refractivity contribution in [2.75, 3.05) is 20.2 Å². The number of aromatic amines is 2. The van der Waals surface area contributed by atoms with E-state index in [0.29, 0.717) is 18.9 Å². The number of aromatic nitrogens is 4. The van der Waals surface area contributed by atoms with Crippen molar-refractivity contribution in [2.24, 2.45) is 11.8 Å². The molecule has 3 N–H and O–H groups in total. The number of H-pyrrole nitrogens is 2. The molecule has 0 radical (unpaired) electrons. The highest BCUT2D eigenvalue weighted by Gasteiger charge is 2.44. The van der Waals surface area contributed by atoms with Crippen molar-refractivity contribution in [3.8, 4) is 33.5 Å². The van der Waals surface area contributed by atoms with Crippen molar-refractivity contribution in [2.45, 2.75) is 122 Å². The lowest BCUT2D eigenvalue weighted by atomic mass is 9.76. The van der Waals surface area contributed by atoms with Crippen LogP contribution in [0.2, 0.25) is 0 Å². The van der Waals surface area contributed by atoms with Gasteiger partial charge in [0.15, 0.2) is 0 Å². The third-order valence-electron chi connectivity index (χ3n) is 13.9. The Balaban J connectivity index is 0.992. The zero-order chi connectivity index (χ0) is 41.7. The van der Waals surface area contributed by atoms with Crippen LogP contribution in [0, 0.1) is 11.8 Å². The summed E-state index contributed by atoms with van der Waals surface area (Å²) in [6.45, 7) is 9.48. The zero-order valence-corrected chi connectivity index (χ0v) is 35.8. The lowest BCUT2D eigenvalue weighted by molar-refractivity contribution is -0.135. The Morgan fingerprint density at radius 3 is 2.22 bits per heavy atom. The van der Waals surface area contributed by atoms with Gasteiger partial charge in [-0.05, 0) is 120 Å². The van der Waals surface area contributed by atoms with Crippen LogP contribution in [0.25, 0.3) is 44.5 Å². The van der Waals surface area contributed by atoms with Crippen molar-refractivity contribution in [1.29, 1.82) is 0 Å². The average molecular weight is 810 g/mol. The molecule has 4 aliphatic rings. The molecule has 3 amide bonds. The Kier molecular flexibility index (Phi) is 10.8. The molecule has 0 bridgehead atoms. The van der Waals surface area contributed by atoms with Gasteiger partial charge >= 0.3 is 6.09 Å². The summed E-state index contributed by atoms with van der Waals surface area (Å²) in [6, 6.07) is 19.3. The second-order valence-electron chi connectivity index (χ2n) is 18.5. The number of imidazole rings is 2. The van der Waals surface area contributed by atoms with E-state index in [4.69, 9.17) is 14.7 Å². The van der Waals surface area contributed by atoms with Gasteiger partial charge < -0.3 is 29.8 Å². The van der Waals surface area contributed by atoms with Gasteiger partial charge in [-0.3, -0.25) is 9.59 Å². The standard InChI is InChI=1S/C49H59N7O4/c1-29(2)26-42(57)55-24-8-10-40(55)45-50-28-39(53-45)32-14-12-31(13-15-32)34-17-18-35(43-36(34)20-23-49(43)21-6-7-22-49)33-16-19-37-38(27-33)52-46(51-37)41-11-9-25-56(41)47(58)44(30(3)4)54-48(59)60-5/h12-19,27-30,40-41,44H,6-11,20-26H2,1-5H3,(H,50,53)(H,51,52)(H,54,59)/t40-,41-,44-/m0/s1. The highest BCUT2D eigenvalue weighted by Crippen LogP contribution is 2.55. The van der Waals surface area contributed by atoms with E-state index < -0.39 is 12.1 Å². The molecule has 1 spiro atoms. The molecule has 2 saturated heterocycles. The molecule has 1 saturated carbocycles. The molecular formula is C49H59N7O4. The van der Waals surface area contributed by atoms with E-state index >= 15 is 0 Å². The maximum atomic E-state index is 13.8. The molecule has 314 valence electrons. The number of alkyl carbamates (subject to hydrolysis) is 1. The number of carbonyl (C=O) groups excluding carboxylic acids is 3. The van der Waals surface area contributed by atoms with Gasteiger partial charge in [0.2, 0.25) is 11.8 Å². The van der Waals surface area contributed by atoms with E-state index in [0.717, 1.165) is 72.6 Å². The molecule has 3 aromatic carbocycles. The van der Waals surface area contributed by atoms with E-state index in [1.165, 1.54) is 72.6 Å². The first-order valence-electron chi connectivity index (χ1n) is 22.3. The number of nitrogens with one attached hydrogen (secondary N) is 3. The number of hydrogen-bond acceptors (Lipinski definition) is 6. The van der Waals surface area contributed by atoms with E-state index in [2.05, 4.69) is 83.7 Å². The first kappa shape index (κ1) is 40.0. The Bertz CT molecular complexity index is 2410. The fourth-order valence-electron chi connectivity index (χ4n) is 10.9. The number of carbonyl (C=O) groups is 3. The SMILES string of the molecule is COC(=O)N[C@H](C(=O)N1CCC[C@H]1c1nc2ccc(-c3ccc(-c4ccc(-c5cnc([C@@H]6CCCN6C(=O)CC(C)C)[nH]5)cc4)c4c3C3(CCCC3)CC4)cc2[nH]1)C(C)C. The van der Waals surface area contributed by atoms with Crippen LogP contribution in [-0.4, -0.2) is 73.9 Å². The lowest BCUT2D eigenvalue weighted by Gasteiger charge is -2.29. The van der Waals surface area contributed by atoms with Crippen molar-refractivity contribution in [1.82, 2.24) is 35.1 Å². The Labute approximate surface area is 353 Å². The molecular weight excluding hydrogens is 751 g/mol. The van der Waals surface area contributed by atoms with Gasteiger partial charge in [-0.25, -0.2) is 14.8 Å². The van der Waals surface area contributed by atoms with Crippen molar-refractivity contribution < 1.29 is 19.1 Å². The van der Waals surface area contributed by atoms with Crippen LogP contribution in [0.1, 0.15) is 127 Å². The normalized spacial score (nSPS) is 20.2. The van der Waals surface area contributed by atoms with Gasteiger partial charge in [-0.2, -0.15) is 0 Å². The summed E-state index contributed by atoms with van der Waals surface area (Å²) in [4.78, 5) is 59.8. The van der Waals surface area contributed by atoms with Crippen LogP contribution < -0.4 is 5.32 Å². The first-order chi connectivity index (χ1) is 29.0. The summed E-state index contributed by atoms with van der Waals surface area (Å²) < 4.78 is 4.83. The predicted molar refractivity (Wildman–Crippen MR) is 234 cm³/mol. The van der Waals surface area contributed by atoms with Crippen LogP contribution in [0.15, 0.2) is 60.8 Å². The van der Waals surface area contributed by atoms with Gasteiger partial charge in [0, 0.05) is 19.5 Å². The number of amides is 3. The zero-order valence-electron chi connectivity index (χ0n) is 35.8. The number of fused-ring (bicyclic) bond motifs is 3. The van der Waals surface area contributed by atoms with Crippen molar-refractivity contribution in [3.05, 3.63) is 83.6 Å². The number of hydrogen-bond donors (Lipinski definition) is 3. The molecule has 2 aliphatic heterocycles. The number of methoxy groups -OCH3 is 1. The fourth-order valence-corrected chi connectivity index (χ4v) is 10.9. The quantitative estimate of drug-likeness (QED) is 0.129. The van der Waals surface area contributed by atoms with E-state index in [9.17, 15) is 14.4 Å². The van der Waals surface area contributed by atoms with Crippen LogP contribution in [-0.2, 0) is 26.2 Å². The molecule has 2 aromatic heterocycles. The largest absolute Gasteiger partial charge is 0.453 e. The Hall–Kier alpha value is -5.45. The molecule has 3 atom stereocenters. The van der Waals surface area contributed by atoms with Crippen LogP contribution in [0.3, 0.4) is 0 Å². The van der Waals surface area contributed by atoms with E-state index in [1.54, 1.807) is 0 Å². The molecule has 4 heterocycles. The molecule has 60 heavy (non-hydrogen) atoms. The number of likely N-dealkylation sites (tertiary alicyclic amines) is 2. The monoisotopic (exact) mass is 809 g/mol. The van der Waals surface area contributed by atoms with Gasteiger partial charge in [-0.1, -0.05) is 83.0 Å². The molecule has 2 aliphatic carbocycles. The fraction of sp³-hybridized carbons (Fsp3) is 0.490. The molecule has 11 heteroatoms. The van der Waals surface area contributed by atoms with Gasteiger partial charge in [0.05, 0.1) is 42.1 Å². The highest BCUT2D eigenvalue weighted by molar-refractivity contribution is 5.88. The molecule has 11 nitrogen and oxygen atoms in total. The van der Waals surface area contributed by atoms with Gasteiger partial charge in [-0.15, -0.1) is 0 Å². The summed E-state index contributed by atoms with van der Waals surface area (Å²) in [5.41, 5.74) is 12.2. The number of rotatable bonds is 10. The molecule has 5 aromatic rings.